The SMILES string of the molecule is CCCCCC1CCC(COc2cnc(-c3ccc(OCCCC)c(Br)c3)nc2)CC1. The van der Waals surface area contributed by atoms with Crippen molar-refractivity contribution >= 4 is 15.9 Å². The van der Waals surface area contributed by atoms with Crippen LogP contribution in [0.25, 0.3) is 11.4 Å². The summed E-state index contributed by atoms with van der Waals surface area (Å²) in [5.74, 6) is 3.91. The number of hydrogen-bond donors (Lipinski definition) is 0. The third-order valence-electron chi connectivity index (χ3n) is 6.24. The molecule has 1 saturated carbocycles. The van der Waals surface area contributed by atoms with Gasteiger partial charge in [0.1, 0.15) is 5.75 Å². The van der Waals surface area contributed by atoms with Gasteiger partial charge in [-0.2, -0.15) is 0 Å². The van der Waals surface area contributed by atoms with Crippen LogP contribution in [0.3, 0.4) is 0 Å². The fraction of sp³-hybridized carbons (Fsp3) is 0.615. The van der Waals surface area contributed by atoms with Gasteiger partial charge in [0.15, 0.2) is 11.6 Å². The van der Waals surface area contributed by atoms with Crippen molar-refractivity contribution in [1.29, 1.82) is 0 Å². The summed E-state index contributed by atoms with van der Waals surface area (Å²) >= 11 is 3.60. The Balaban J connectivity index is 1.45. The van der Waals surface area contributed by atoms with Crippen molar-refractivity contribution in [2.45, 2.75) is 78.1 Å². The molecule has 5 heteroatoms. The monoisotopic (exact) mass is 488 g/mol. The highest BCUT2D eigenvalue weighted by Crippen LogP contribution is 2.33. The molecule has 170 valence electrons. The van der Waals surface area contributed by atoms with Gasteiger partial charge in [0, 0.05) is 5.56 Å². The molecular weight excluding hydrogens is 452 g/mol. The van der Waals surface area contributed by atoms with Gasteiger partial charge in [-0.05, 0) is 65.2 Å². The topological polar surface area (TPSA) is 44.2 Å². The van der Waals surface area contributed by atoms with E-state index in [1.807, 2.05) is 18.2 Å². The van der Waals surface area contributed by atoms with Crippen LogP contribution in [0, 0.1) is 11.8 Å². The van der Waals surface area contributed by atoms with Gasteiger partial charge in [-0.15, -0.1) is 0 Å². The largest absolute Gasteiger partial charge is 0.492 e. The predicted molar refractivity (Wildman–Crippen MR) is 131 cm³/mol. The smallest absolute Gasteiger partial charge is 0.159 e. The lowest BCUT2D eigenvalue weighted by Crippen LogP contribution is -2.20. The van der Waals surface area contributed by atoms with Gasteiger partial charge in [-0.1, -0.05) is 58.8 Å². The van der Waals surface area contributed by atoms with Crippen molar-refractivity contribution in [3.63, 3.8) is 0 Å². The van der Waals surface area contributed by atoms with Crippen LogP contribution in [-0.4, -0.2) is 23.2 Å². The Morgan fingerprint density at radius 2 is 1.61 bits per heavy atom. The first-order chi connectivity index (χ1) is 15.2. The summed E-state index contributed by atoms with van der Waals surface area (Å²) in [5, 5.41) is 0. The second-order valence-electron chi connectivity index (χ2n) is 8.78. The molecule has 1 heterocycles. The van der Waals surface area contributed by atoms with Gasteiger partial charge in [0.25, 0.3) is 0 Å². The Kier molecular flexibility index (Phi) is 10.1. The summed E-state index contributed by atoms with van der Waals surface area (Å²) < 4.78 is 12.7. The van der Waals surface area contributed by atoms with E-state index in [1.165, 1.54) is 51.4 Å². The first-order valence-corrected chi connectivity index (χ1v) is 12.9. The van der Waals surface area contributed by atoms with E-state index in [1.54, 1.807) is 12.4 Å². The van der Waals surface area contributed by atoms with Crippen LogP contribution in [-0.2, 0) is 0 Å². The molecule has 1 aromatic carbocycles. The Bertz CT molecular complexity index is 773. The Hall–Kier alpha value is -1.62. The molecule has 0 amide bonds. The van der Waals surface area contributed by atoms with E-state index in [4.69, 9.17) is 9.47 Å². The van der Waals surface area contributed by atoms with Crippen molar-refractivity contribution in [3.8, 4) is 22.9 Å². The fourth-order valence-electron chi connectivity index (χ4n) is 4.21. The average Bonchev–Trinajstić information content (AvgIpc) is 2.80. The van der Waals surface area contributed by atoms with Crippen LogP contribution in [0.5, 0.6) is 11.5 Å². The van der Waals surface area contributed by atoms with Crippen molar-refractivity contribution < 1.29 is 9.47 Å². The summed E-state index contributed by atoms with van der Waals surface area (Å²) in [4.78, 5) is 9.03. The molecule has 1 aromatic heterocycles. The summed E-state index contributed by atoms with van der Waals surface area (Å²) in [6, 6.07) is 5.98. The normalized spacial score (nSPS) is 18.7. The summed E-state index contributed by atoms with van der Waals surface area (Å²) in [6.07, 6.45) is 16.6. The number of rotatable bonds is 12. The minimum atomic E-state index is 0.665. The molecule has 1 fully saturated rings. The molecule has 1 aliphatic carbocycles. The molecule has 4 nitrogen and oxygen atoms in total. The lowest BCUT2D eigenvalue weighted by atomic mass is 9.80. The van der Waals surface area contributed by atoms with Gasteiger partial charge in [-0.25, -0.2) is 9.97 Å². The summed E-state index contributed by atoms with van der Waals surface area (Å²) in [7, 11) is 0. The van der Waals surface area contributed by atoms with Gasteiger partial charge in [0.2, 0.25) is 0 Å². The maximum Gasteiger partial charge on any atom is 0.159 e. The van der Waals surface area contributed by atoms with Crippen LogP contribution in [0.15, 0.2) is 35.1 Å². The molecule has 1 aliphatic rings. The number of aromatic nitrogens is 2. The van der Waals surface area contributed by atoms with E-state index < -0.39 is 0 Å². The molecular formula is C26H37BrN2O2. The van der Waals surface area contributed by atoms with Crippen molar-refractivity contribution in [1.82, 2.24) is 9.97 Å². The van der Waals surface area contributed by atoms with Gasteiger partial charge >= 0.3 is 0 Å². The Labute approximate surface area is 196 Å². The number of unbranched alkanes of at least 4 members (excludes halogenated alkanes) is 3. The van der Waals surface area contributed by atoms with Crippen molar-refractivity contribution in [2.75, 3.05) is 13.2 Å². The standard InChI is InChI=1S/C26H37BrN2O2/c1-3-5-7-8-20-9-11-21(12-10-20)19-31-23-17-28-26(29-18-23)22-13-14-25(24(27)16-22)30-15-6-4-2/h13-14,16-18,20-21H,3-12,15,19H2,1-2H3. The van der Waals surface area contributed by atoms with E-state index in [0.29, 0.717) is 11.7 Å². The molecule has 2 aromatic rings. The number of nitrogens with zero attached hydrogens (tertiary/aromatic N) is 2. The molecule has 3 rings (SSSR count). The predicted octanol–water partition coefficient (Wildman–Crippen LogP) is 7.85. The molecule has 0 saturated heterocycles. The van der Waals surface area contributed by atoms with E-state index in [9.17, 15) is 0 Å². The number of ether oxygens (including phenoxy) is 2. The second kappa shape index (κ2) is 13.0. The van der Waals surface area contributed by atoms with E-state index in [-0.39, 0.29) is 0 Å². The third kappa shape index (κ3) is 7.78. The lowest BCUT2D eigenvalue weighted by Gasteiger charge is -2.28. The highest BCUT2D eigenvalue weighted by Gasteiger charge is 2.21. The summed E-state index contributed by atoms with van der Waals surface area (Å²) in [6.45, 7) is 5.95. The average molecular weight is 489 g/mol. The Morgan fingerprint density at radius 3 is 2.29 bits per heavy atom. The minimum absolute atomic E-state index is 0.665. The molecule has 0 atom stereocenters. The fourth-order valence-corrected chi connectivity index (χ4v) is 4.70. The molecule has 0 aliphatic heterocycles. The van der Waals surface area contributed by atoms with Gasteiger partial charge in [-0.3, -0.25) is 0 Å². The maximum absolute atomic E-state index is 6.01. The quantitative estimate of drug-likeness (QED) is 0.285. The first-order valence-electron chi connectivity index (χ1n) is 12.1. The molecule has 0 spiro atoms. The number of benzene rings is 1. The number of halogens is 1. The van der Waals surface area contributed by atoms with Crippen molar-refractivity contribution in [2.24, 2.45) is 11.8 Å². The van der Waals surface area contributed by atoms with E-state index in [2.05, 4.69) is 39.7 Å². The zero-order valence-electron chi connectivity index (χ0n) is 19.1. The van der Waals surface area contributed by atoms with Gasteiger partial charge in [0.05, 0.1) is 30.1 Å². The number of hydrogen-bond acceptors (Lipinski definition) is 4. The highest BCUT2D eigenvalue weighted by molar-refractivity contribution is 9.10. The summed E-state index contributed by atoms with van der Waals surface area (Å²) in [5.41, 5.74) is 0.961. The first kappa shape index (κ1) is 24.0. The molecule has 31 heavy (non-hydrogen) atoms. The maximum atomic E-state index is 6.01. The van der Waals surface area contributed by atoms with E-state index in [0.717, 1.165) is 53.5 Å². The molecule has 0 unspecified atom stereocenters. The third-order valence-corrected chi connectivity index (χ3v) is 6.86. The second-order valence-corrected chi connectivity index (χ2v) is 9.64. The van der Waals surface area contributed by atoms with Crippen molar-refractivity contribution in [3.05, 3.63) is 35.1 Å². The Morgan fingerprint density at radius 1 is 0.903 bits per heavy atom. The van der Waals surface area contributed by atoms with Crippen LogP contribution in [0.1, 0.15) is 78.1 Å². The minimum Gasteiger partial charge on any atom is -0.492 e. The molecule has 0 radical (unpaired) electrons. The van der Waals surface area contributed by atoms with Gasteiger partial charge < -0.3 is 9.47 Å². The van der Waals surface area contributed by atoms with Crippen LogP contribution in [0.4, 0.5) is 0 Å². The van der Waals surface area contributed by atoms with Crippen LogP contribution in [0.2, 0.25) is 0 Å². The lowest BCUT2D eigenvalue weighted by molar-refractivity contribution is 0.177. The molecule has 0 bridgehead atoms. The zero-order chi connectivity index (χ0) is 21.9. The van der Waals surface area contributed by atoms with Crippen LogP contribution < -0.4 is 9.47 Å². The van der Waals surface area contributed by atoms with Crippen LogP contribution >= 0.6 is 15.9 Å². The molecule has 0 N–H and O–H groups in total. The zero-order valence-corrected chi connectivity index (χ0v) is 20.7. The van der Waals surface area contributed by atoms with E-state index >= 15 is 0 Å². The highest BCUT2D eigenvalue weighted by atomic mass is 79.9.